The number of nitrogens with zero attached hydrogens (tertiary/aromatic N) is 1. The maximum atomic E-state index is 12.4. The Labute approximate surface area is 189 Å². The van der Waals surface area contributed by atoms with E-state index in [0.717, 1.165) is 0 Å². The molecule has 1 aliphatic heterocycles. The Kier molecular flexibility index (Phi) is 7.68. The number of amides is 1. The largest absolute Gasteiger partial charge is 0.486 e. The van der Waals surface area contributed by atoms with E-state index in [2.05, 4.69) is 10.0 Å². The van der Waals surface area contributed by atoms with E-state index in [1.165, 1.54) is 36.5 Å². The second-order valence-electron chi connectivity index (χ2n) is 6.70. The van der Waals surface area contributed by atoms with Crippen LogP contribution in [0.4, 0.5) is 5.00 Å². The molecule has 0 bridgehead atoms. The van der Waals surface area contributed by atoms with Crippen molar-refractivity contribution in [1.29, 1.82) is 5.26 Å². The summed E-state index contributed by atoms with van der Waals surface area (Å²) < 4.78 is 43.1. The number of hydrogen-bond donors (Lipinski definition) is 2. The summed E-state index contributed by atoms with van der Waals surface area (Å²) in [6.45, 7) is 2.17. The van der Waals surface area contributed by atoms with Gasteiger partial charge in [0.1, 0.15) is 24.3 Å². The number of rotatable bonds is 9. The number of hydrogen-bond acceptors (Lipinski definition) is 9. The minimum atomic E-state index is -3.79. The highest BCUT2D eigenvalue weighted by Crippen LogP contribution is 2.32. The molecule has 2 N–H and O–H groups in total. The molecular weight excluding hydrogens is 458 g/mol. The Hall–Kier alpha value is -3.14. The molecule has 0 saturated carbocycles. The van der Waals surface area contributed by atoms with Crippen LogP contribution < -0.4 is 19.5 Å². The second kappa shape index (κ2) is 10.4. The van der Waals surface area contributed by atoms with E-state index in [1.807, 2.05) is 6.07 Å². The standard InChI is InChI=1S/C20H21N3O7S2/c1-13(19(25)23-20-14(12-21)6-10-31-20)30-18(24)3-2-7-22-32(26,27)15-4-5-16-17(11-15)29-9-8-28-16/h4-6,10-11,13,22H,2-3,7-9H2,1H3,(H,23,25). The van der Waals surface area contributed by atoms with Gasteiger partial charge in [0.2, 0.25) is 10.0 Å². The molecule has 170 valence electrons. The number of ether oxygens (including phenoxy) is 3. The van der Waals surface area contributed by atoms with Crippen LogP contribution in [0.25, 0.3) is 0 Å². The van der Waals surface area contributed by atoms with Crippen LogP contribution in [0.1, 0.15) is 25.3 Å². The smallest absolute Gasteiger partial charge is 0.306 e. The van der Waals surface area contributed by atoms with Crippen LogP contribution in [0.3, 0.4) is 0 Å². The van der Waals surface area contributed by atoms with Crippen LogP contribution in [0.2, 0.25) is 0 Å². The minimum absolute atomic E-state index is 0.00712. The van der Waals surface area contributed by atoms with Crippen LogP contribution in [0, 0.1) is 11.3 Å². The van der Waals surface area contributed by atoms with Gasteiger partial charge in [-0.05, 0) is 36.9 Å². The fourth-order valence-electron chi connectivity index (χ4n) is 2.73. The zero-order valence-corrected chi connectivity index (χ0v) is 18.8. The molecule has 1 amide bonds. The Morgan fingerprint density at radius 3 is 2.75 bits per heavy atom. The molecule has 2 heterocycles. The third-order valence-electron chi connectivity index (χ3n) is 4.37. The number of fused-ring (bicyclic) bond motifs is 1. The Balaban J connectivity index is 1.42. The van der Waals surface area contributed by atoms with Crippen molar-refractivity contribution in [2.45, 2.75) is 30.8 Å². The average molecular weight is 480 g/mol. The normalized spacial score (nSPS) is 13.6. The van der Waals surface area contributed by atoms with E-state index in [-0.39, 0.29) is 24.3 Å². The average Bonchev–Trinajstić information content (AvgIpc) is 3.23. The molecule has 1 aliphatic rings. The van der Waals surface area contributed by atoms with Crippen molar-refractivity contribution < 1.29 is 32.2 Å². The number of nitriles is 1. The summed E-state index contributed by atoms with van der Waals surface area (Å²) in [7, 11) is -3.79. The molecule has 0 aliphatic carbocycles. The SMILES string of the molecule is CC(OC(=O)CCCNS(=O)(=O)c1ccc2c(c1)OCCO2)C(=O)Nc1sccc1C#N. The van der Waals surface area contributed by atoms with Gasteiger partial charge in [-0.1, -0.05) is 0 Å². The first-order valence-electron chi connectivity index (χ1n) is 9.67. The molecule has 1 unspecified atom stereocenters. The van der Waals surface area contributed by atoms with Gasteiger partial charge in [0.15, 0.2) is 17.6 Å². The number of sulfonamides is 1. The van der Waals surface area contributed by atoms with Gasteiger partial charge in [-0.3, -0.25) is 9.59 Å². The summed E-state index contributed by atoms with van der Waals surface area (Å²) in [5.41, 5.74) is 0.326. The number of carbonyl (C=O) groups excluding carboxylic acids is 2. The van der Waals surface area contributed by atoms with Crippen LogP contribution in [-0.2, 0) is 24.3 Å². The van der Waals surface area contributed by atoms with Gasteiger partial charge in [-0.25, -0.2) is 13.1 Å². The molecule has 0 fully saturated rings. The van der Waals surface area contributed by atoms with Crippen molar-refractivity contribution in [2.24, 2.45) is 0 Å². The topological polar surface area (TPSA) is 144 Å². The van der Waals surface area contributed by atoms with Gasteiger partial charge in [-0.2, -0.15) is 5.26 Å². The molecular formula is C20H21N3O7S2. The van der Waals surface area contributed by atoms with Crippen molar-refractivity contribution >= 4 is 38.2 Å². The zero-order chi connectivity index (χ0) is 23.1. The lowest BCUT2D eigenvalue weighted by atomic mass is 10.3. The summed E-state index contributed by atoms with van der Waals surface area (Å²) >= 11 is 1.19. The van der Waals surface area contributed by atoms with E-state index in [4.69, 9.17) is 19.5 Å². The first-order valence-corrected chi connectivity index (χ1v) is 12.0. The van der Waals surface area contributed by atoms with Gasteiger partial charge >= 0.3 is 5.97 Å². The van der Waals surface area contributed by atoms with Crippen LogP contribution in [-0.4, -0.2) is 46.2 Å². The van der Waals surface area contributed by atoms with Crippen molar-refractivity contribution in [3.05, 3.63) is 35.2 Å². The molecule has 1 aromatic carbocycles. The monoisotopic (exact) mass is 479 g/mol. The van der Waals surface area contributed by atoms with Gasteiger partial charge in [-0.15, -0.1) is 11.3 Å². The van der Waals surface area contributed by atoms with Crippen molar-refractivity contribution in [1.82, 2.24) is 4.72 Å². The zero-order valence-electron chi connectivity index (χ0n) is 17.1. The maximum Gasteiger partial charge on any atom is 0.306 e. The third-order valence-corrected chi connectivity index (χ3v) is 6.66. The molecule has 3 rings (SSSR count). The fourth-order valence-corrected chi connectivity index (χ4v) is 4.56. The number of anilines is 1. The quantitative estimate of drug-likeness (QED) is 0.411. The summed E-state index contributed by atoms with van der Waals surface area (Å²) in [6, 6.07) is 7.85. The second-order valence-corrected chi connectivity index (χ2v) is 9.39. The maximum absolute atomic E-state index is 12.4. The highest BCUT2D eigenvalue weighted by Gasteiger charge is 2.21. The van der Waals surface area contributed by atoms with Gasteiger partial charge in [0.25, 0.3) is 5.91 Å². The molecule has 0 saturated heterocycles. The molecule has 10 nitrogen and oxygen atoms in total. The van der Waals surface area contributed by atoms with E-state index in [0.29, 0.717) is 35.3 Å². The number of nitrogens with one attached hydrogen (secondary N) is 2. The van der Waals surface area contributed by atoms with Gasteiger partial charge in [0, 0.05) is 19.0 Å². The number of esters is 1. The third kappa shape index (κ3) is 5.97. The van der Waals surface area contributed by atoms with Gasteiger partial charge in [0.05, 0.1) is 10.5 Å². The Bertz CT molecular complexity index is 1140. The predicted molar refractivity (Wildman–Crippen MR) is 115 cm³/mol. The molecule has 2 aromatic rings. The molecule has 0 radical (unpaired) electrons. The lowest BCUT2D eigenvalue weighted by Gasteiger charge is -2.18. The predicted octanol–water partition coefficient (Wildman–Crippen LogP) is 2.02. The van der Waals surface area contributed by atoms with Crippen molar-refractivity contribution in [3.8, 4) is 17.6 Å². The highest BCUT2D eigenvalue weighted by molar-refractivity contribution is 7.89. The molecule has 12 heteroatoms. The van der Waals surface area contributed by atoms with Crippen LogP contribution in [0.5, 0.6) is 11.5 Å². The van der Waals surface area contributed by atoms with Gasteiger partial charge < -0.3 is 19.5 Å². The molecule has 1 aromatic heterocycles. The van der Waals surface area contributed by atoms with E-state index < -0.39 is 28.0 Å². The van der Waals surface area contributed by atoms with Crippen molar-refractivity contribution in [3.63, 3.8) is 0 Å². The van der Waals surface area contributed by atoms with E-state index >= 15 is 0 Å². The number of thiophene rings is 1. The van der Waals surface area contributed by atoms with E-state index in [1.54, 1.807) is 11.4 Å². The molecule has 1 atom stereocenters. The van der Waals surface area contributed by atoms with Crippen molar-refractivity contribution in [2.75, 3.05) is 25.1 Å². The molecule has 0 spiro atoms. The molecule has 32 heavy (non-hydrogen) atoms. The minimum Gasteiger partial charge on any atom is -0.486 e. The summed E-state index contributed by atoms with van der Waals surface area (Å²) in [6.07, 6.45) is -0.963. The van der Waals surface area contributed by atoms with Crippen LogP contribution in [0.15, 0.2) is 34.5 Å². The number of carbonyl (C=O) groups is 2. The lowest BCUT2D eigenvalue weighted by molar-refractivity contribution is -0.153. The first-order chi connectivity index (χ1) is 15.3. The summed E-state index contributed by atoms with van der Waals surface area (Å²) in [4.78, 5) is 24.1. The highest BCUT2D eigenvalue weighted by atomic mass is 32.2. The Morgan fingerprint density at radius 1 is 1.25 bits per heavy atom. The lowest BCUT2D eigenvalue weighted by Crippen LogP contribution is -2.30. The summed E-state index contributed by atoms with van der Waals surface area (Å²) in [5, 5.41) is 13.6. The Morgan fingerprint density at radius 2 is 2.00 bits per heavy atom. The summed E-state index contributed by atoms with van der Waals surface area (Å²) in [5.74, 6) is -0.354. The fraction of sp³-hybridized carbons (Fsp3) is 0.350. The number of benzene rings is 1. The van der Waals surface area contributed by atoms with E-state index in [9.17, 15) is 18.0 Å². The first kappa shape index (κ1) is 23.5. The van der Waals surface area contributed by atoms with Crippen LogP contribution >= 0.6 is 11.3 Å².